The van der Waals surface area contributed by atoms with Gasteiger partial charge in [0, 0.05) is 29.4 Å². The van der Waals surface area contributed by atoms with E-state index in [0.29, 0.717) is 18.2 Å². The average Bonchev–Trinajstić information content (AvgIpc) is 3.29. The van der Waals surface area contributed by atoms with Crippen LogP contribution in [0.3, 0.4) is 0 Å². The van der Waals surface area contributed by atoms with Crippen molar-refractivity contribution in [2.45, 2.75) is 32.1 Å². The van der Waals surface area contributed by atoms with Crippen molar-refractivity contribution < 1.29 is 9.47 Å². The summed E-state index contributed by atoms with van der Waals surface area (Å²) in [6.07, 6.45) is 3.32. The van der Waals surface area contributed by atoms with Gasteiger partial charge >= 0.3 is 0 Å². The van der Waals surface area contributed by atoms with Crippen molar-refractivity contribution in [1.29, 1.82) is 10.8 Å². The highest BCUT2D eigenvalue weighted by Gasteiger charge is 2.20. The minimum absolute atomic E-state index is 0.0117. The number of nitrogens with zero attached hydrogens (tertiary/aromatic N) is 1. The smallest absolute Gasteiger partial charge is 0.237 e. The number of aromatic nitrogens is 1. The highest BCUT2D eigenvalue weighted by Crippen LogP contribution is 2.29. The monoisotopic (exact) mass is 480 g/mol. The number of hydrogen-bond donors (Lipinski definition) is 3. The fourth-order valence-corrected chi connectivity index (χ4v) is 4.40. The maximum absolute atomic E-state index is 7.98. The van der Waals surface area contributed by atoms with Gasteiger partial charge in [-0.1, -0.05) is 29.8 Å². The fraction of sp³-hybridized carbons (Fsp3) is 0.333. The molecule has 1 aliphatic heterocycles. The Labute approximate surface area is 206 Å². The van der Waals surface area contributed by atoms with E-state index < -0.39 is 0 Å². The highest BCUT2D eigenvalue weighted by atomic mass is 35.5. The molecule has 0 bridgehead atoms. The molecule has 0 amide bonds. The summed E-state index contributed by atoms with van der Waals surface area (Å²) < 4.78 is 11.2. The molecule has 0 unspecified atom stereocenters. The van der Waals surface area contributed by atoms with E-state index in [1.54, 1.807) is 0 Å². The molecule has 2 heterocycles. The molecule has 7 heteroatoms. The van der Waals surface area contributed by atoms with Crippen molar-refractivity contribution in [1.82, 2.24) is 9.88 Å². The van der Waals surface area contributed by atoms with Crippen LogP contribution in [0.1, 0.15) is 43.4 Å². The van der Waals surface area contributed by atoms with Crippen molar-refractivity contribution in [3.8, 4) is 5.75 Å². The molecular formula is C27H33ClN4O2. The largest absolute Gasteiger partial charge is 0.493 e. The van der Waals surface area contributed by atoms with Crippen LogP contribution in [0.2, 0.25) is 5.02 Å². The zero-order chi connectivity index (χ0) is 24.5. The van der Waals surface area contributed by atoms with E-state index in [4.69, 9.17) is 31.9 Å². The summed E-state index contributed by atoms with van der Waals surface area (Å²) in [7, 11) is 0. The van der Waals surface area contributed by atoms with Crippen LogP contribution in [0.4, 0.5) is 0 Å². The summed E-state index contributed by atoms with van der Waals surface area (Å²) >= 11 is 6.01. The van der Waals surface area contributed by atoms with Gasteiger partial charge in [-0.2, -0.15) is 0 Å². The van der Waals surface area contributed by atoms with Gasteiger partial charge in [0.05, 0.1) is 6.61 Å². The average molecular weight is 481 g/mol. The lowest BCUT2D eigenvalue weighted by Gasteiger charge is -2.32. The number of ether oxygens (including phenoxy) is 2. The zero-order valence-electron chi connectivity index (χ0n) is 19.7. The molecule has 0 spiro atoms. The van der Waals surface area contributed by atoms with Gasteiger partial charge in [0.1, 0.15) is 11.4 Å². The molecule has 6 nitrogen and oxygen atoms in total. The summed E-state index contributed by atoms with van der Waals surface area (Å²) in [6.45, 7) is 11.4. The number of piperidine rings is 1. The Balaban J connectivity index is 0.00000158. The second-order valence-electron chi connectivity index (χ2n) is 8.26. The number of aromatic amines is 1. The molecule has 1 aromatic heterocycles. The van der Waals surface area contributed by atoms with Gasteiger partial charge in [-0.25, -0.2) is 0 Å². The molecule has 180 valence electrons. The number of rotatable bonds is 7. The van der Waals surface area contributed by atoms with Gasteiger partial charge in [-0.05, 0) is 74.2 Å². The van der Waals surface area contributed by atoms with Gasteiger partial charge in [0.15, 0.2) is 5.90 Å². The van der Waals surface area contributed by atoms with E-state index in [-0.39, 0.29) is 11.8 Å². The van der Waals surface area contributed by atoms with Crippen LogP contribution < -0.4 is 4.74 Å². The Morgan fingerprint density at radius 1 is 1.12 bits per heavy atom. The predicted molar refractivity (Wildman–Crippen MR) is 141 cm³/mol. The molecule has 1 saturated heterocycles. The van der Waals surface area contributed by atoms with Crippen molar-refractivity contribution in [3.05, 3.63) is 78.0 Å². The highest BCUT2D eigenvalue weighted by molar-refractivity contribution is 6.30. The zero-order valence-corrected chi connectivity index (χ0v) is 20.5. The van der Waals surface area contributed by atoms with E-state index in [9.17, 15) is 0 Å². The fourth-order valence-electron chi connectivity index (χ4n) is 4.28. The Bertz CT molecular complexity index is 1100. The SMILES string of the molecule is C=C.CC(=N)OC(=N)c1cc2c(OCCCN3CCC(c4ccc(Cl)cc4)CC3)cccc2[nH]1. The minimum Gasteiger partial charge on any atom is -0.493 e. The van der Waals surface area contributed by atoms with Gasteiger partial charge in [-0.3, -0.25) is 10.8 Å². The van der Waals surface area contributed by atoms with Crippen molar-refractivity contribution in [2.24, 2.45) is 0 Å². The maximum Gasteiger partial charge on any atom is 0.237 e. The molecular weight excluding hydrogens is 448 g/mol. The molecule has 34 heavy (non-hydrogen) atoms. The number of benzene rings is 2. The minimum atomic E-state index is -0.0679. The molecule has 1 fully saturated rings. The lowest BCUT2D eigenvalue weighted by molar-refractivity contribution is 0.193. The molecule has 3 N–H and O–H groups in total. The second-order valence-corrected chi connectivity index (χ2v) is 8.69. The summed E-state index contributed by atoms with van der Waals surface area (Å²) in [4.78, 5) is 5.68. The molecule has 2 aromatic carbocycles. The van der Waals surface area contributed by atoms with E-state index >= 15 is 0 Å². The lowest BCUT2D eigenvalue weighted by atomic mass is 9.89. The first-order valence-corrected chi connectivity index (χ1v) is 11.9. The maximum atomic E-state index is 7.98. The molecule has 3 aromatic rings. The third kappa shape index (κ3) is 6.72. The van der Waals surface area contributed by atoms with E-state index in [1.165, 1.54) is 25.3 Å². The molecule has 0 atom stereocenters. The standard InChI is InChI=1S/C25H29ClN4O2.C2H4/c1-17(27)32-25(28)23-16-21-22(29-23)4-2-5-24(21)31-15-3-12-30-13-10-19(11-14-30)18-6-8-20(26)9-7-18;1-2/h2,4-9,16,19,27-29H,3,10-15H2,1H3;1-2H2. The second kappa shape index (κ2) is 12.4. The van der Waals surface area contributed by atoms with E-state index in [1.807, 2.05) is 36.4 Å². The van der Waals surface area contributed by atoms with Gasteiger partial charge in [0.25, 0.3) is 0 Å². The number of fused-ring (bicyclic) bond motifs is 1. The van der Waals surface area contributed by atoms with Crippen LogP contribution in [0.15, 0.2) is 61.7 Å². The molecule has 4 rings (SSSR count). The number of halogens is 1. The van der Waals surface area contributed by atoms with Gasteiger partial charge in [-0.15, -0.1) is 13.2 Å². The summed E-state index contributed by atoms with van der Waals surface area (Å²) in [6, 6.07) is 16.0. The van der Waals surface area contributed by atoms with Crippen LogP contribution in [0.25, 0.3) is 10.9 Å². The Kier molecular flexibility index (Phi) is 9.31. The Morgan fingerprint density at radius 2 is 1.82 bits per heavy atom. The first kappa shape index (κ1) is 25.5. The van der Waals surface area contributed by atoms with Crippen molar-refractivity contribution in [3.63, 3.8) is 0 Å². The quantitative estimate of drug-likeness (QED) is 0.154. The van der Waals surface area contributed by atoms with Crippen LogP contribution >= 0.6 is 11.6 Å². The summed E-state index contributed by atoms with van der Waals surface area (Å²) in [5.41, 5.74) is 2.81. The molecule has 0 aliphatic carbocycles. The Hall–Kier alpha value is -3.09. The molecule has 0 saturated carbocycles. The van der Waals surface area contributed by atoms with Gasteiger partial charge < -0.3 is 19.4 Å². The molecule has 1 aliphatic rings. The normalized spacial score (nSPS) is 14.3. The van der Waals surface area contributed by atoms with Crippen LogP contribution in [0.5, 0.6) is 5.75 Å². The Morgan fingerprint density at radius 3 is 2.50 bits per heavy atom. The van der Waals surface area contributed by atoms with Crippen molar-refractivity contribution in [2.75, 3.05) is 26.2 Å². The number of H-pyrrole nitrogens is 1. The van der Waals surface area contributed by atoms with Gasteiger partial charge in [0.2, 0.25) is 5.90 Å². The lowest BCUT2D eigenvalue weighted by Crippen LogP contribution is -2.34. The topological polar surface area (TPSA) is 85.2 Å². The van der Waals surface area contributed by atoms with E-state index in [0.717, 1.165) is 47.7 Å². The first-order valence-electron chi connectivity index (χ1n) is 11.5. The van der Waals surface area contributed by atoms with E-state index in [2.05, 4.69) is 35.2 Å². The number of likely N-dealkylation sites (tertiary alicyclic amines) is 1. The number of nitrogens with one attached hydrogen (secondary N) is 3. The predicted octanol–water partition coefficient (Wildman–Crippen LogP) is 6.61. The summed E-state index contributed by atoms with van der Waals surface area (Å²) in [5, 5.41) is 17.1. The molecule has 0 radical (unpaired) electrons. The number of hydrogen-bond acceptors (Lipinski definition) is 5. The third-order valence-electron chi connectivity index (χ3n) is 5.93. The van der Waals surface area contributed by atoms with Crippen molar-refractivity contribution >= 4 is 34.3 Å². The van der Waals surface area contributed by atoms with Crippen LogP contribution in [-0.2, 0) is 4.74 Å². The van der Waals surface area contributed by atoms with Crippen LogP contribution in [-0.4, -0.2) is 47.9 Å². The summed E-state index contributed by atoms with van der Waals surface area (Å²) in [5.74, 6) is 1.34. The first-order chi connectivity index (χ1) is 16.5. The van der Waals surface area contributed by atoms with Crippen LogP contribution in [0, 0.1) is 10.8 Å². The third-order valence-corrected chi connectivity index (χ3v) is 6.18.